The molecule has 2 rings (SSSR count). The Balaban J connectivity index is 2.06. The van der Waals surface area contributed by atoms with Crippen LogP contribution < -0.4 is 10.6 Å². The molecule has 0 saturated heterocycles. The zero-order chi connectivity index (χ0) is 19.3. The van der Waals surface area contributed by atoms with Crippen LogP contribution >= 0.6 is 0 Å². The number of rotatable bonds is 6. The minimum absolute atomic E-state index is 0.0905. The first kappa shape index (κ1) is 19.3. The number of nitrogens with zero attached hydrogens (tertiary/aromatic N) is 2. The summed E-state index contributed by atoms with van der Waals surface area (Å²) in [4.78, 5) is 22.6. The normalized spacial score (nSPS) is 12.5. The number of amides is 2. The van der Waals surface area contributed by atoms with Gasteiger partial charge < -0.3 is 15.7 Å². The van der Waals surface area contributed by atoms with Gasteiger partial charge >= 0.3 is 18.2 Å². The second-order valence-corrected chi connectivity index (χ2v) is 5.61. The van der Waals surface area contributed by atoms with Gasteiger partial charge in [-0.25, -0.2) is 4.79 Å². The Morgan fingerprint density at radius 2 is 2.08 bits per heavy atom. The fourth-order valence-corrected chi connectivity index (χ4v) is 2.30. The fraction of sp³-hybridized carbons (Fsp3) is 0.312. The van der Waals surface area contributed by atoms with Gasteiger partial charge in [0.2, 0.25) is 0 Å². The molecule has 0 aliphatic heterocycles. The quantitative estimate of drug-likeness (QED) is 0.729. The summed E-state index contributed by atoms with van der Waals surface area (Å²) < 4.78 is 40.9. The maximum absolute atomic E-state index is 13.2. The van der Waals surface area contributed by atoms with Gasteiger partial charge in [-0.15, -0.1) is 0 Å². The van der Waals surface area contributed by atoms with E-state index in [2.05, 4.69) is 10.4 Å². The summed E-state index contributed by atoms with van der Waals surface area (Å²) in [6.07, 6.45) is -2.33. The number of anilines is 1. The monoisotopic (exact) mass is 370 g/mol. The number of urea groups is 1. The average Bonchev–Trinajstić information content (AvgIpc) is 2.96. The summed E-state index contributed by atoms with van der Waals surface area (Å²) in [5.74, 6) is -0.967. The van der Waals surface area contributed by atoms with E-state index < -0.39 is 24.2 Å². The topological polar surface area (TPSA) is 96.2 Å². The van der Waals surface area contributed by atoms with Crippen molar-refractivity contribution >= 4 is 17.7 Å². The van der Waals surface area contributed by atoms with Gasteiger partial charge in [-0.3, -0.25) is 9.48 Å². The zero-order valence-electron chi connectivity index (χ0n) is 13.7. The van der Waals surface area contributed by atoms with Crippen molar-refractivity contribution in [3.63, 3.8) is 0 Å². The Labute approximate surface area is 146 Å². The molecule has 1 atom stereocenters. The Hall–Kier alpha value is -3.04. The number of hydrogen-bond donors (Lipinski definition) is 3. The lowest BCUT2D eigenvalue weighted by Crippen LogP contribution is -2.40. The molecule has 0 aliphatic carbocycles. The largest absolute Gasteiger partial charge is 0.481 e. The molecule has 1 aromatic carbocycles. The minimum atomic E-state index is -4.69. The van der Waals surface area contributed by atoms with Crippen molar-refractivity contribution in [3.8, 4) is 0 Å². The van der Waals surface area contributed by atoms with Crippen molar-refractivity contribution in [3.05, 3.63) is 47.8 Å². The second kappa shape index (κ2) is 7.89. The summed E-state index contributed by atoms with van der Waals surface area (Å²) in [5, 5.41) is 16.6. The van der Waals surface area contributed by atoms with Crippen molar-refractivity contribution in [2.75, 3.05) is 5.32 Å². The highest BCUT2D eigenvalue weighted by atomic mass is 19.4. The van der Waals surface area contributed by atoms with E-state index >= 15 is 0 Å². The van der Waals surface area contributed by atoms with Crippen molar-refractivity contribution in [2.45, 2.75) is 25.1 Å². The molecule has 0 fully saturated rings. The van der Waals surface area contributed by atoms with Crippen LogP contribution in [-0.2, 0) is 18.3 Å². The van der Waals surface area contributed by atoms with E-state index in [4.69, 9.17) is 5.11 Å². The number of carboxylic acid groups (broad SMARTS) is 1. The molecule has 7 nitrogen and oxygen atoms in total. The molecule has 10 heteroatoms. The number of carbonyl (C=O) groups excluding carboxylic acids is 1. The van der Waals surface area contributed by atoms with E-state index in [9.17, 15) is 22.8 Å². The SMILES string of the molecule is Cn1cc(C(NC(=O)Nc2cccc(CCC(=O)O)c2)C(F)(F)F)cn1. The molecule has 2 aromatic rings. The van der Waals surface area contributed by atoms with Gasteiger partial charge in [0.1, 0.15) is 0 Å². The maximum atomic E-state index is 13.2. The standard InChI is InChI=1S/C16H17F3N4O3/c1-23-9-11(8-20-23)14(16(17,18)19)22-15(26)21-12-4-2-3-10(7-12)5-6-13(24)25/h2-4,7-9,14H,5-6H2,1H3,(H,24,25)(H2,21,22,26). The second-order valence-electron chi connectivity index (χ2n) is 5.61. The Morgan fingerprint density at radius 3 is 2.65 bits per heavy atom. The summed E-state index contributed by atoms with van der Waals surface area (Å²) in [6.45, 7) is 0. The van der Waals surface area contributed by atoms with Crippen molar-refractivity contribution in [1.29, 1.82) is 0 Å². The summed E-state index contributed by atoms with van der Waals surface area (Å²) in [7, 11) is 1.47. The molecule has 0 saturated carbocycles. The Bertz CT molecular complexity index is 789. The molecule has 140 valence electrons. The van der Waals surface area contributed by atoms with E-state index in [-0.39, 0.29) is 24.1 Å². The van der Waals surface area contributed by atoms with Crippen LogP contribution in [0.1, 0.15) is 23.6 Å². The van der Waals surface area contributed by atoms with Crippen LogP contribution in [0, 0.1) is 0 Å². The minimum Gasteiger partial charge on any atom is -0.481 e. The lowest BCUT2D eigenvalue weighted by molar-refractivity contribution is -0.154. The Morgan fingerprint density at radius 1 is 1.35 bits per heavy atom. The van der Waals surface area contributed by atoms with Crippen LogP contribution in [0.4, 0.5) is 23.7 Å². The van der Waals surface area contributed by atoms with E-state index in [1.807, 2.05) is 5.32 Å². The lowest BCUT2D eigenvalue weighted by Gasteiger charge is -2.20. The van der Waals surface area contributed by atoms with Crippen LogP contribution in [-0.4, -0.2) is 33.1 Å². The number of nitrogens with one attached hydrogen (secondary N) is 2. The number of aliphatic carboxylic acids is 1. The number of carboxylic acids is 1. The van der Waals surface area contributed by atoms with Crippen LogP contribution in [0.3, 0.4) is 0 Å². The highest BCUT2D eigenvalue weighted by molar-refractivity contribution is 5.89. The van der Waals surface area contributed by atoms with Crippen molar-refractivity contribution < 1.29 is 27.9 Å². The number of hydrogen-bond acceptors (Lipinski definition) is 3. The molecule has 1 aromatic heterocycles. The van der Waals surface area contributed by atoms with E-state index in [0.717, 1.165) is 6.20 Å². The maximum Gasteiger partial charge on any atom is 0.413 e. The molecule has 2 amide bonds. The third-order valence-corrected chi connectivity index (χ3v) is 3.47. The van der Waals surface area contributed by atoms with Crippen molar-refractivity contribution in [2.24, 2.45) is 7.05 Å². The Kier molecular flexibility index (Phi) is 5.86. The first-order valence-electron chi connectivity index (χ1n) is 7.58. The molecule has 0 aliphatic rings. The first-order chi connectivity index (χ1) is 12.1. The first-order valence-corrected chi connectivity index (χ1v) is 7.58. The molecule has 3 N–H and O–H groups in total. The predicted octanol–water partition coefficient (Wildman–Crippen LogP) is 2.86. The van der Waals surface area contributed by atoms with Gasteiger partial charge in [0.05, 0.1) is 6.20 Å². The average molecular weight is 370 g/mol. The van der Waals surface area contributed by atoms with Gasteiger partial charge in [-0.2, -0.15) is 18.3 Å². The van der Waals surface area contributed by atoms with Crippen LogP contribution in [0.2, 0.25) is 0 Å². The van der Waals surface area contributed by atoms with Crippen LogP contribution in [0.15, 0.2) is 36.7 Å². The third-order valence-electron chi connectivity index (χ3n) is 3.47. The lowest BCUT2D eigenvalue weighted by atomic mass is 10.1. The molecule has 26 heavy (non-hydrogen) atoms. The summed E-state index contributed by atoms with van der Waals surface area (Å²) in [5.41, 5.74) is 0.715. The smallest absolute Gasteiger partial charge is 0.413 e. The summed E-state index contributed by atoms with van der Waals surface area (Å²) >= 11 is 0. The number of halogens is 3. The molecular weight excluding hydrogens is 353 g/mol. The summed E-state index contributed by atoms with van der Waals surface area (Å²) in [6, 6.07) is 3.01. The van der Waals surface area contributed by atoms with E-state index in [1.54, 1.807) is 12.1 Å². The highest BCUT2D eigenvalue weighted by Crippen LogP contribution is 2.32. The van der Waals surface area contributed by atoms with Gasteiger partial charge in [0.25, 0.3) is 0 Å². The fourth-order valence-electron chi connectivity index (χ4n) is 2.30. The number of carbonyl (C=O) groups is 2. The predicted molar refractivity (Wildman–Crippen MR) is 86.6 cm³/mol. The van der Waals surface area contributed by atoms with Gasteiger partial charge in [0.15, 0.2) is 6.04 Å². The molecule has 1 heterocycles. The molecule has 0 bridgehead atoms. The van der Waals surface area contributed by atoms with Crippen LogP contribution in [0.5, 0.6) is 0 Å². The zero-order valence-corrected chi connectivity index (χ0v) is 13.7. The molecule has 0 spiro atoms. The van der Waals surface area contributed by atoms with Gasteiger partial charge in [0, 0.05) is 30.9 Å². The van der Waals surface area contributed by atoms with E-state index in [1.165, 1.54) is 30.1 Å². The molecule has 1 unspecified atom stereocenters. The van der Waals surface area contributed by atoms with Gasteiger partial charge in [-0.1, -0.05) is 12.1 Å². The van der Waals surface area contributed by atoms with Gasteiger partial charge in [-0.05, 0) is 24.1 Å². The number of benzene rings is 1. The van der Waals surface area contributed by atoms with Crippen molar-refractivity contribution in [1.82, 2.24) is 15.1 Å². The molecule has 0 radical (unpaired) electrons. The van der Waals surface area contributed by atoms with Crippen LogP contribution in [0.25, 0.3) is 0 Å². The van der Waals surface area contributed by atoms with E-state index in [0.29, 0.717) is 5.56 Å². The third kappa shape index (κ3) is 5.50. The number of alkyl halides is 3. The molecular formula is C16H17F3N4O3. The number of aryl methyl sites for hydroxylation is 2. The highest BCUT2D eigenvalue weighted by Gasteiger charge is 2.42. The number of aromatic nitrogens is 2.